The number of hydrogen-bond acceptors (Lipinski definition) is 4. The molecule has 2 atom stereocenters. The third kappa shape index (κ3) is 6.77. The summed E-state index contributed by atoms with van der Waals surface area (Å²) in [7, 11) is 3.31. The Morgan fingerprint density at radius 3 is 1.76 bits per heavy atom. The standard InChI is InChI=1S/C21H24FN3O2.C2HF3O2/c1-24(2)20(26)18(19(23)21(27)25-12-3-13-25)16-6-4-14(5-7-16)15-8-10-17(22)11-9-15;3-2(4,5)1(6)7/h4-11,18-19H,3,12-13,23H2,1-2H3;(H,6,7)/t18-,19-;/m0./s1. The zero-order valence-electron chi connectivity index (χ0n) is 18.6. The van der Waals surface area contributed by atoms with E-state index in [0.717, 1.165) is 17.5 Å². The molecular weight excluding hydrogens is 458 g/mol. The van der Waals surface area contributed by atoms with Crippen molar-refractivity contribution in [1.29, 1.82) is 0 Å². The molecule has 34 heavy (non-hydrogen) atoms. The van der Waals surface area contributed by atoms with Crippen LogP contribution in [-0.2, 0) is 14.4 Å². The summed E-state index contributed by atoms with van der Waals surface area (Å²) >= 11 is 0. The first kappa shape index (κ1) is 26.8. The van der Waals surface area contributed by atoms with Gasteiger partial charge >= 0.3 is 12.1 Å². The lowest BCUT2D eigenvalue weighted by atomic mass is 9.88. The Morgan fingerprint density at radius 1 is 0.971 bits per heavy atom. The molecule has 1 heterocycles. The number of likely N-dealkylation sites (N-methyl/N-ethyl adjacent to an activating group) is 1. The molecule has 3 rings (SSSR count). The van der Waals surface area contributed by atoms with E-state index in [1.54, 1.807) is 31.1 Å². The van der Waals surface area contributed by atoms with Crippen LogP contribution in [0.15, 0.2) is 48.5 Å². The molecule has 2 aromatic carbocycles. The SMILES string of the molecule is CN(C)C(=O)[C@@H](c1ccc(-c2ccc(F)cc2)cc1)[C@H](N)C(=O)N1CCC1.O=C(O)C(F)(F)F. The molecular formula is C23H25F4N3O4. The molecule has 0 spiro atoms. The molecule has 2 amide bonds. The largest absolute Gasteiger partial charge is 0.490 e. The Balaban J connectivity index is 0.000000509. The normalized spacial score (nSPS) is 14.7. The predicted octanol–water partition coefficient (Wildman–Crippen LogP) is 2.86. The summed E-state index contributed by atoms with van der Waals surface area (Å²) in [5.41, 5.74) is 8.70. The molecule has 0 radical (unpaired) electrons. The molecule has 1 aliphatic rings. The smallest absolute Gasteiger partial charge is 0.475 e. The molecule has 2 aromatic rings. The van der Waals surface area contributed by atoms with E-state index in [2.05, 4.69) is 0 Å². The minimum absolute atomic E-state index is 0.191. The van der Waals surface area contributed by atoms with Gasteiger partial charge in [-0.1, -0.05) is 36.4 Å². The lowest BCUT2D eigenvalue weighted by Crippen LogP contribution is -2.54. The van der Waals surface area contributed by atoms with Crippen LogP contribution in [0.4, 0.5) is 17.6 Å². The first-order chi connectivity index (χ1) is 15.8. The van der Waals surface area contributed by atoms with Gasteiger partial charge in [0.25, 0.3) is 0 Å². The van der Waals surface area contributed by atoms with Crippen LogP contribution in [0.25, 0.3) is 11.1 Å². The maximum absolute atomic E-state index is 13.1. The molecule has 3 N–H and O–H groups in total. The van der Waals surface area contributed by atoms with E-state index in [-0.39, 0.29) is 17.6 Å². The predicted molar refractivity (Wildman–Crippen MR) is 116 cm³/mol. The molecule has 1 aliphatic heterocycles. The number of amides is 2. The fourth-order valence-corrected chi connectivity index (χ4v) is 3.20. The fourth-order valence-electron chi connectivity index (χ4n) is 3.20. The van der Waals surface area contributed by atoms with Crippen molar-refractivity contribution in [1.82, 2.24) is 9.80 Å². The van der Waals surface area contributed by atoms with Crippen LogP contribution in [0, 0.1) is 5.82 Å². The van der Waals surface area contributed by atoms with E-state index >= 15 is 0 Å². The summed E-state index contributed by atoms with van der Waals surface area (Å²) in [6.45, 7) is 1.39. The number of nitrogens with zero attached hydrogens (tertiary/aromatic N) is 2. The van der Waals surface area contributed by atoms with Gasteiger partial charge in [-0.3, -0.25) is 9.59 Å². The number of carboxylic acids is 1. The third-order valence-corrected chi connectivity index (χ3v) is 5.21. The number of carbonyl (C=O) groups is 3. The average Bonchev–Trinajstić information content (AvgIpc) is 2.73. The highest BCUT2D eigenvalue weighted by atomic mass is 19.4. The number of benzene rings is 2. The van der Waals surface area contributed by atoms with Crippen molar-refractivity contribution in [2.75, 3.05) is 27.2 Å². The van der Waals surface area contributed by atoms with Crippen LogP contribution in [-0.4, -0.2) is 72.1 Å². The van der Waals surface area contributed by atoms with Crippen LogP contribution in [0.3, 0.4) is 0 Å². The maximum atomic E-state index is 13.1. The van der Waals surface area contributed by atoms with Crippen molar-refractivity contribution in [3.63, 3.8) is 0 Å². The van der Waals surface area contributed by atoms with Crippen LogP contribution in [0.5, 0.6) is 0 Å². The fraction of sp³-hybridized carbons (Fsp3) is 0.348. The van der Waals surface area contributed by atoms with Crippen LogP contribution >= 0.6 is 0 Å². The van der Waals surface area contributed by atoms with Gasteiger partial charge in [0, 0.05) is 27.2 Å². The first-order valence-electron chi connectivity index (χ1n) is 10.2. The number of likely N-dealkylation sites (tertiary alicyclic amines) is 1. The van der Waals surface area contributed by atoms with Gasteiger partial charge in [0.05, 0.1) is 5.92 Å². The Hall–Kier alpha value is -3.47. The topological polar surface area (TPSA) is 104 Å². The van der Waals surface area contributed by atoms with Crippen LogP contribution in [0.2, 0.25) is 0 Å². The molecule has 0 bridgehead atoms. The number of carboxylic acid groups (broad SMARTS) is 1. The Labute approximate surface area is 193 Å². The van der Waals surface area contributed by atoms with Gasteiger partial charge < -0.3 is 20.6 Å². The summed E-state index contributed by atoms with van der Waals surface area (Å²) < 4.78 is 44.8. The molecule has 0 aliphatic carbocycles. The molecule has 0 saturated carbocycles. The van der Waals surface area contributed by atoms with Gasteiger partial charge in [-0.2, -0.15) is 13.2 Å². The van der Waals surface area contributed by atoms with Crippen LogP contribution in [0.1, 0.15) is 17.9 Å². The summed E-state index contributed by atoms with van der Waals surface area (Å²) in [5.74, 6) is -4.18. The number of alkyl halides is 3. The Kier molecular flexibility index (Phi) is 8.74. The highest BCUT2D eigenvalue weighted by Crippen LogP contribution is 2.27. The first-order valence-corrected chi connectivity index (χ1v) is 10.2. The van der Waals surface area contributed by atoms with Gasteiger partial charge in [-0.25, -0.2) is 9.18 Å². The van der Waals surface area contributed by atoms with Gasteiger partial charge in [-0.05, 0) is 35.2 Å². The second kappa shape index (κ2) is 11.1. The molecule has 11 heteroatoms. The highest BCUT2D eigenvalue weighted by molar-refractivity contribution is 5.93. The van der Waals surface area contributed by atoms with Crippen molar-refractivity contribution in [2.24, 2.45) is 5.73 Å². The average molecular weight is 483 g/mol. The van der Waals surface area contributed by atoms with Crippen molar-refractivity contribution in [3.05, 3.63) is 59.9 Å². The number of rotatable bonds is 5. The molecule has 184 valence electrons. The van der Waals surface area contributed by atoms with E-state index < -0.39 is 24.1 Å². The van der Waals surface area contributed by atoms with E-state index in [9.17, 15) is 27.2 Å². The molecule has 0 aromatic heterocycles. The number of nitrogens with two attached hydrogens (primary N) is 1. The second-order valence-corrected chi connectivity index (χ2v) is 7.85. The number of carbonyl (C=O) groups excluding carboxylic acids is 2. The summed E-state index contributed by atoms with van der Waals surface area (Å²) in [6, 6.07) is 12.6. The number of aliphatic carboxylic acids is 1. The summed E-state index contributed by atoms with van der Waals surface area (Å²) in [4.78, 5) is 37.4. The molecule has 1 saturated heterocycles. The van der Waals surface area contributed by atoms with E-state index in [4.69, 9.17) is 15.6 Å². The van der Waals surface area contributed by atoms with E-state index in [1.807, 2.05) is 24.3 Å². The van der Waals surface area contributed by atoms with Crippen molar-refractivity contribution >= 4 is 17.8 Å². The summed E-state index contributed by atoms with van der Waals surface area (Å²) in [5, 5.41) is 7.12. The number of halogens is 4. The summed E-state index contributed by atoms with van der Waals surface area (Å²) in [6.07, 6.45) is -4.11. The van der Waals surface area contributed by atoms with Crippen LogP contribution < -0.4 is 5.73 Å². The highest BCUT2D eigenvalue weighted by Gasteiger charge is 2.38. The monoisotopic (exact) mass is 483 g/mol. The second-order valence-electron chi connectivity index (χ2n) is 7.85. The van der Waals surface area contributed by atoms with E-state index in [1.165, 1.54) is 17.0 Å². The Bertz CT molecular complexity index is 1000. The van der Waals surface area contributed by atoms with Crippen molar-refractivity contribution < 1.29 is 37.1 Å². The van der Waals surface area contributed by atoms with Crippen molar-refractivity contribution in [3.8, 4) is 11.1 Å². The number of hydrogen-bond donors (Lipinski definition) is 2. The van der Waals surface area contributed by atoms with Gasteiger partial charge in [0.15, 0.2) is 0 Å². The zero-order chi connectivity index (χ0) is 25.6. The van der Waals surface area contributed by atoms with Gasteiger partial charge in [0.2, 0.25) is 11.8 Å². The van der Waals surface area contributed by atoms with Crippen molar-refractivity contribution in [2.45, 2.75) is 24.6 Å². The van der Waals surface area contributed by atoms with E-state index in [0.29, 0.717) is 18.7 Å². The lowest BCUT2D eigenvalue weighted by Gasteiger charge is -2.35. The minimum atomic E-state index is -5.08. The lowest BCUT2D eigenvalue weighted by molar-refractivity contribution is -0.192. The third-order valence-electron chi connectivity index (χ3n) is 5.21. The Morgan fingerprint density at radius 2 is 1.41 bits per heavy atom. The molecule has 0 unspecified atom stereocenters. The molecule has 7 nitrogen and oxygen atoms in total. The zero-order valence-corrected chi connectivity index (χ0v) is 18.6. The molecule has 1 fully saturated rings. The quantitative estimate of drug-likeness (QED) is 0.637. The van der Waals surface area contributed by atoms with Gasteiger partial charge in [-0.15, -0.1) is 0 Å². The minimum Gasteiger partial charge on any atom is -0.475 e. The maximum Gasteiger partial charge on any atom is 0.490 e. The van der Waals surface area contributed by atoms with Gasteiger partial charge in [0.1, 0.15) is 11.9 Å².